The van der Waals surface area contributed by atoms with Crippen LogP contribution in [0.5, 0.6) is 0 Å². The van der Waals surface area contributed by atoms with E-state index in [2.05, 4.69) is 4.42 Å². The van der Waals surface area contributed by atoms with Crippen LogP contribution in [0, 0.1) is 10.8 Å². The summed E-state index contributed by atoms with van der Waals surface area (Å²) in [5.41, 5.74) is -1.79. The van der Waals surface area contributed by atoms with Crippen molar-refractivity contribution in [2.75, 3.05) is 13.2 Å². The van der Waals surface area contributed by atoms with Gasteiger partial charge in [-0.05, 0) is 25.0 Å². The third kappa shape index (κ3) is 8.21. The molecule has 1 aliphatic carbocycles. The molecular weight excluding hydrogens is 404 g/mol. The minimum absolute atomic E-state index is 0.0451. The Balaban J connectivity index is 0.000000437. The van der Waals surface area contributed by atoms with Crippen molar-refractivity contribution in [2.24, 2.45) is 10.8 Å². The standard InChI is InChI=1S/C8H12O4.C6H4O5.C5H12O2/c9-6(10)8(7(11)12)4-2-1-3-5-8;7-5(8)3-1-2-4(11-3)6(9)10;1-5(2,3-6)4-7/h1-5H2,(H,9,10)(H,11,12);1-2H,(H,7,8)(H,9,10);6-7H,3-4H2,1-2H3. The average Bonchev–Trinajstić information content (AvgIpc) is 3.20. The Kier molecular flexibility index (Phi) is 10.8. The quantitative estimate of drug-likeness (QED) is 0.357. The van der Waals surface area contributed by atoms with E-state index in [1.807, 2.05) is 0 Å². The number of aliphatic hydroxyl groups excluding tert-OH is 2. The maximum atomic E-state index is 10.7. The first-order valence-electron chi connectivity index (χ1n) is 9.08. The van der Waals surface area contributed by atoms with Gasteiger partial charge in [0.25, 0.3) is 0 Å². The minimum atomic E-state index is -1.49. The summed E-state index contributed by atoms with van der Waals surface area (Å²) >= 11 is 0. The van der Waals surface area contributed by atoms with Crippen molar-refractivity contribution in [2.45, 2.75) is 46.0 Å². The summed E-state index contributed by atoms with van der Waals surface area (Å²) in [4.78, 5) is 41.8. The number of aliphatic hydroxyl groups is 2. The van der Waals surface area contributed by atoms with E-state index in [0.717, 1.165) is 18.6 Å². The predicted octanol–water partition coefficient (Wildman–Crippen LogP) is 1.78. The van der Waals surface area contributed by atoms with E-state index in [1.165, 1.54) is 0 Å². The number of aromatic carboxylic acids is 2. The van der Waals surface area contributed by atoms with Gasteiger partial charge in [-0.25, -0.2) is 9.59 Å². The summed E-state index contributed by atoms with van der Waals surface area (Å²) < 4.78 is 4.41. The molecule has 1 saturated carbocycles. The van der Waals surface area contributed by atoms with Crippen molar-refractivity contribution in [1.82, 2.24) is 0 Å². The molecule has 170 valence electrons. The third-order valence-corrected chi connectivity index (χ3v) is 4.41. The van der Waals surface area contributed by atoms with Crippen molar-refractivity contribution in [3.05, 3.63) is 23.7 Å². The number of hydrogen-bond acceptors (Lipinski definition) is 7. The third-order valence-electron chi connectivity index (χ3n) is 4.41. The van der Waals surface area contributed by atoms with E-state index in [4.69, 9.17) is 30.6 Å². The zero-order chi connectivity index (χ0) is 23.5. The largest absolute Gasteiger partial charge is 0.480 e. The molecule has 11 nitrogen and oxygen atoms in total. The van der Waals surface area contributed by atoms with Crippen LogP contribution in [0.1, 0.15) is 67.1 Å². The lowest BCUT2D eigenvalue weighted by Crippen LogP contribution is -2.40. The van der Waals surface area contributed by atoms with Crippen molar-refractivity contribution in [3.63, 3.8) is 0 Å². The van der Waals surface area contributed by atoms with Crippen molar-refractivity contribution >= 4 is 23.9 Å². The van der Waals surface area contributed by atoms with Crippen LogP contribution in [0.2, 0.25) is 0 Å². The summed E-state index contributed by atoms with van der Waals surface area (Å²) in [6, 6.07) is 2.18. The molecule has 0 amide bonds. The highest BCUT2D eigenvalue weighted by Gasteiger charge is 2.46. The van der Waals surface area contributed by atoms with Gasteiger partial charge in [-0.3, -0.25) is 9.59 Å². The number of furan rings is 1. The number of carboxylic acid groups (broad SMARTS) is 4. The molecule has 0 aliphatic heterocycles. The molecule has 30 heavy (non-hydrogen) atoms. The lowest BCUT2D eigenvalue weighted by Gasteiger charge is -2.28. The number of hydrogen-bond donors (Lipinski definition) is 6. The molecule has 2 rings (SSSR count). The fourth-order valence-electron chi connectivity index (χ4n) is 2.29. The Bertz CT molecular complexity index is 676. The summed E-state index contributed by atoms with van der Waals surface area (Å²) in [5.74, 6) is -5.68. The Hall–Kier alpha value is -2.92. The van der Waals surface area contributed by atoms with Crippen LogP contribution in [0.25, 0.3) is 0 Å². The molecule has 0 unspecified atom stereocenters. The van der Waals surface area contributed by atoms with Gasteiger partial charge in [0.05, 0.1) is 13.2 Å². The van der Waals surface area contributed by atoms with E-state index in [1.54, 1.807) is 13.8 Å². The van der Waals surface area contributed by atoms with Gasteiger partial charge in [-0.1, -0.05) is 33.1 Å². The molecule has 1 aromatic heterocycles. The van der Waals surface area contributed by atoms with Crippen LogP contribution in [0.3, 0.4) is 0 Å². The first-order valence-corrected chi connectivity index (χ1v) is 9.08. The molecule has 6 N–H and O–H groups in total. The van der Waals surface area contributed by atoms with Crippen molar-refractivity contribution in [1.29, 1.82) is 0 Å². The molecule has 0 bridgehead atoms. The average molecular weight is 432 g/mol. The second-order valence-electron chi connectivity index (χ2n) is 7.51. The summed E-state index contributed by atoms with van der Waals surface area (Å²) in [6.45, 7) is 3.69. The van der Waals surface area contributed by atoms with Crippen LogP contribution >= 0.6 is 0 Å². The smallest absolute Gasteiger partial charge is 0.371 e. The first-order chi connectivity index (χ1) is 13.8. The number of carboxylic acids is 4. The molecule has 11 heteroatoms. The lowest BCUT2D eigenvalue weighted by atomic mass is 9.74. The maximum Gasteiger partial charge on any atom is 0.371 e. The van der Waals surface area contributed by atoms with E-state index in [-0.39, 0.29) is 43.0 Å². The lowest BCUT2D eigenvalue weighted by molar-refractivity contribution is -0.167. The van der Waals surface area contributed by atoms with Crippen LogP contribution < -0.4 is 0 Å². The molecular formula is C19H28O11. The van der Waals surface area contributed by atoms with Gasteiger partial charge in [-0.15, -0.1) is 0 Å². The molecule has 1 fully saturated rings. The highest BCUT2D eigenvalue weighted by Crippen LogP contribution is 2.36. The van der Waals surface area contributed by atoms with Crippen LogP contribution in [-0.4, -0.2) is 67.7 Å². The maximum absolute atomic E-state index is 10.7. The van der Waals surface area contributed by atoms with Crippen molar-refractivity contribution < 1.29 is 54.2 Å². The fourth-order valence-corrected chi connectivity index (χ4v) is 2.29. The Morgan fingerprint density at radius 2 is 1.20 bits per heavy atom. The Labute approximate surface area is 172 Å². The summed E-state index contributed by atoms with van der Waals surface area (Å²) in [6.07, 6.45) is 2.91. The van der Waals surface area contributed by atoms with Gasteiger partial charge < -0.3 is 35.1 Å². The van der Waals surface area contributed by atoms with Gasteiger partial charge in [0, 0.05) is 5.41 Å². The van der Waals surface area contributed by atoms with Crippen LogP contribution in [-0.2, 0) is 9.59 Å². The Morgan fingerprint density at radius 1 is 0.833 bits per heavy atom. The number of aliphatic carboxylic acids is 2. The molecule has 0 atom stereocenters. The minimum Gasteiger partial charge on any atom is -0.480 e. The summed E-state index contributed by atoms with van der Waals surface area (Å²) in [7, 11) is 0. The van der Waals surface area contributed by atoms with Crippen molar-refractivity contribution in [3.8, 4) is 0 Å². The first kappa shape index (κ1) is 27.1. The van der Waals surface area contributed by atoms with Gasteiger partial charge in [0.15, 0.2) is 5.41 Å². The molecule has 0 saturated heterocycles. The monoisotopic (exact) mass is 432 g/mol. The zero-order valence-corrected chi connectivity index (χ0v) is 16.8. The molecule has 1 aromatic rings. The van der Waals surface area contributed by atoms with Gasteiger partial charge in [0.2, 0.25) is 11.5 Å². The van der Waals surface area contributed by atoms with Gasteiger partial charge >= 0.3 is 23.9 Å². The SMILES string of the molecule is CC(C)(CO)CO.O=C(O)C1(C(=O)O)CCCCC1.O=C(O)c1ccc(C(=O)O)o1. The Morgan fingerprint density at radius 3 is 1.37 bits per heavy atom. The van der Waals surface area contributed by atoms with E-state index in [9.17, 15) is 19.2 Å². The topological polar surface area (TPSA) is 203 Å². The highest BCUT2D eigenvalue weighted by molar-refractivity contribution is 5.98. The second kappa shape index (κ2) is 11.9. The second-order valence-corrected chi connectivity index (χ2v) is 7.51. The molecule has 0 radical (unpaired) electrons. The van der Waals surface area contributed by atoms with E-state index >= 15 is 0 Å². The zero-order valence-electron chi connectivity index (χ0n) is 16.8. The van der Waals surface area contributed by atoms with Gasteiger partial charge in [-0.2, -0.15) is 0 Å². The molecule has 1 heterocycles. The number of rotatable bonds is 6. The van der Waals surface area contributed by atoms with E-state index in [0.29, 0.717) is 12.8 Å². The van der Waals surface area contributed by atoms with E-state index < -0.39 is 29.3 Å². The normalized spacial score (nSPS) is 14.9. The highest BCUT2D eigenvalue weighted by atomic mass is 16.4. The molecule has 0 aromatic carbocycles. The number of carbonyl (C=O) groups is 4. The van der Waals surface area contributed by atoms with Gasteiger partial charge in [0.1, 0.15) is 0 Å². The summed E-state index contributed by atoms with van der Waals surface area (Å²) in [5, 5.41) is 51.0. The molecule has 1 aliphatic rings. The molecule has 0 spiro atoms. The predicted molar refractivity (Wildman–Crippen MR) is 101 cm³/mol. The van der Waals surface area contributed by atoms with Crippen LogP contribution in [0.15, 0.2) is 16.5 Å². The van der Waals surface area contributed by atoms with Crippen LogP contribution in [0.4, 0.5) is 0 Å². The fraction of sp³-hybridized carbons (Fsp3) is 0.579.